The lowest BCUT2D eigenvalue weighted by Gasteiger charge is -2.33. The summed E-state index contributed by atoms with van der Waals surface area (Å²) in [6, 6.07) is 3.63. The van der Waals surface area contributed by atoms with Crippen molar-refractivity contribution in [2.24, 2.45) is 11.7 Å². The van der Waals surface area contributed by atoms with E-state index in [9.17, 15) is 17.6 Å². The molecule has 152 valence electrons. The molecule has 27 heavy (non-hydrogen) atoms. The maximum Gasteiger partial charge on any atom is 0.256 e. The molecule has 1 amide bonds. The summed E-state index contributed by atoms with van der Waals surface area (Å²) >= 11 is 0. The monoisotopic (exact) mass is 419 g/mol. The molecule has 0 aliphatic carbocycles. The lowest BCUT2D eigenvalue weighted by molar-refractivity contribution is 0.0788. The van der Waals surface area contributed by atoms with Gasteiger partial charge in [-0.25, -0.2) is 12.8 Å². The van der Waals surface area contributed by atoms with Crippen LogP contribution in [-0.4, -0.2) is 55.8 Å². The van der Waals surface area contributed by atoms with E-state index in [0.717, 1.165) is 18.9 Å². The second kappa shape index (κ2) is 8.86. The van der Waals surface area contributed by atoms with E-state index >= 15 is 0 Å². The first-order valence-corrected chi connectivity index (χ1v) is 10.6. The van der Waals surface area contributed by atoms with Gasteiger partial charge in [-0.15, -0.1) is 12.4 Å². The molecule has 1 aromatic carbocycles. The van der Waals surface area contributed by atoms with E-state index in [2.05, 4.69) is 0 Å². The van der Waals surface area contributed by atoms with Crippen LogP contribution in [0.25, 0.3) is 0 Å². The number of carbonyl (C=O) groups excluding carboxylic acids is 1. The van der Waals surface area contributed by atoms with Gasteiger partial charge in [0.2, 0.25) is 10.0 Å². The lowest BCUT2D eigenvalue weighted by atomic mass is 9.92. The third-order valence-corrected chi connectivity index (χ3v) is 7.34. The normalized spacial score (nSPS) is 20.3. The number of likely N-dealkylation sites (tertiary alicyclic amines) is 1. The van der Waals surface area contributed by atoms with Crippen molar-refractivity contribution in [3.63, 3.8) is 0 Å². The molecule has 6 nitrogen and oxygen atoms in total. The summed E-state index contributed by atoms with van der Waals surface area (Å²) in [6.45, 7) is 3.93. The third kappa shape index (κ3) is 4.62. The van der Waals surface area contributed by atoms with E-state index in [1.165, 1.54) is 16.4 Å². The summed E-state index contributed by atoms with van der Waals surface area (Å²) in [4.78, 5) is 13.8. The Morgan fingerprint density at radius 1 is 1.19 bits per heavy atom. The minimum Gasteiger partial charge on any atom is -0.339 e. The van der Waals surface area contributed by atoms with Crippen LogP contribution in [0.5, 0.6) is 0 Å². The Labute approximate surface area is 166 Å². The SMILES string of the molecule is CC(N)C1CCN(S(=O)(=O)c2ccc(C(=O)N3CCCC3)c(F)c2)CC1.Cl. The van der Waals surface area contributed by atoms with Crippen molar-refractivity contribution < 1.29 is 17.6 Å². The first-order chi connectivity index (χ1) is 12.3. The van der Waals surface area contributed by atoms with Crippen molar-refractivity contribution in [1.82, 2.24) is 9.21 Å². The molecule has 2 saturated heterocycles. The molecule has 9 heteroatoms. The molecule has 2 aliphatic heterocycles. The highest BCUT2D eigenvalue weighted by atomic mass is 35.5. The van der Waals surface area contributed by atoms with Gasteiger partial charge in [0.25, 0.3) is 5.91 Å². The van der Waals surface area contributed by atoms with Crippen molar-refractivity contribution in [2.75, 3.05) is 26.2 Å². The number of benzene rings is 1. The van der Waals surface area contributed by atoms with Gasteiger partial charge in [-0.05, 0) is 56.7 Å². The highest BCUT2D eigenvalue weighted by Crippen LogP contribution is 2.26. The second-order valence-electron chi connectivity index (χ2n) is 7.24. The fourth-order valence-electron chi connectivity index (χ4n) is 3.71. The van der Waals surface area contributed by atoms with E-state index in [4.69, 9.17) is 5.73 Å². The molecule has 2 heterocycles. The Balaban J connectivity index is 0.00000261. The van der Waals surface area contributed by atoms with Crippen molar-refractivity contribution in [3.8, 4) is 0 Å². The molecule has 0 aromatic heterocycles. The molecule has 1 unspecified atom stereocenters. The maximum absolute atomic E-state index is 14.5. The first-order valence-electron chi connectivity index (χ1n) is 9.15. The number of hydrogen-bond acceptors (Lipinski definition) is 4. The van der Waals surface area contributed by atoms with Gasteiger partial charge in [0.1, 0.15) is 5.82 Å². The summed E-state index contributed by atoms with van der Waals surface area (Å²) in [7, 11) is -3.77. The van der Waals surface area contributed by atoms with Gasteiger partial charge >= 0.3 is 0 Å². The summed E-state index contributed by atoms with van der Waals surface area (Å²) in [5.41, 5.74) is 5.83. The van der Waals surface area contributed by atoms with E-state index in [1.54, 1.807) is 4.90 Å². The fourth-order valence-corrected chi connectivity index (χ4v) is 5.19. The largest absolute Gasteiger partial charge is 0.339 e. The Morgan fingerprint density at radius 3 is 2.30 bits per heavy atom. The highest BCUT2D eigenvalue weighted by Gasteiger charge is 2.31. The number of hydrogen-bond donors (Lipinski definition) is 1. The van der Waals surface area contributed by atoms with Crippen molar-refractivity contribution in [1.29, 1.82) is 0 Å². The summed E-state index contributed by atoms with van der Waals surface area (Å²) < 4.78 is 41.4. The van der Waals surface area contributed by atoms with Crippen LogP contribution in [0.15, 0.2) is 23.1 Å². The second-order valence-corrected chi connectivity index (χ2v) is 9.18. The van der Waals surface area contributed by atoms with Crippen LogP contribution in [0.2, 0.25) is 0 Å². The van der Waals surface area contributed by atoms with E-state index in [0.29, 0.717) is 44.9 Å². The molecule has 2 aliphatic rings. The van der Waals surface area contributed by atoms with Crippen molar-refractivity contribution >= 4 is 28.3 Å². The number of rotatable bonds is 4. The maximum atomic E-state index is 14.5. The first kappa shape index (κ1) is 22.1. The van der Waals surface area contributed by atoms with Gasteiger partial charge in [0, 0.05) is 32.2 Å². The Morgan fingerprint density at radius 2 is 1.78 bits per heavy atom. The average molecular weight is 420 g/mol. The zero-order chi connectivity index (χ0) is 18.9. The van der Waals surface area contributed by atoms with Crippen LogP contribution in [0.1, 0.15) is 43.0 Å². The van der Waals surface area contributed by atoms with Gasteiger partial charge < -0.3 is 10.6 Å². The molecule has 0 saturated carbocycles. The number of nitrogens with two attached hydrogens (primary N) is 1. The van der Waals surface area contributed by atoms with E-state index in [-0.39, 0.29) is 34.8 Å². The lowest BCUT2D eigenvalue weighted by Crippen LogP contribution is -2.42. The van der Waals surface area contributed by atoms with E-state index < -0.39 is 15.8 Å². The number of halogens is 2. The van der Waals surface area contributed by atoms with Gasteiger partial charge in [0.05, 0.1) is 10.5 Å². The Kier molecular flexibility index (Phi) is 7.24. The fraction of sp³-hybridized carbons (Fsp3) is 0.611. The molecule has 3 rings (SSSR count). The Bertz CT molecular complexity index is 774. The molecule has 1 atom stereocenters. The summed E-state index contributed by atoms with van der Waals surface area (Å²) in [5.74, 6) is -0.853. The van der Waals surface area contributed by atoms with Gasteiger partial charge in [-0.1, -0.05) is 0 Å². The highest BCUT2D eigenvalue weighted by molar-refractivity contribution is 7.89. The molecule has 0 spiro atoms. The topological polar surface area (TPSA) is 83.7 Å². The van der Waals surface area contributed by atoms with Crippen LogP contribution >= 0.6 is 12.4 Å². The number of sulfonamides is 1. The standard InChI is InChI=1S/C18H26FN3O3S.ClH/c1-13(20)14-6-10-22(11-7-14)26(24,25)15-4-5-16(17(19)12-15)18(23)21-8-2-3-9-21;/h4-5,12-14H,2-3,6-11,20H2,1H3;1H. The molecule has 2 N–H and O–H groups in total. The van der Waals surface area contributed by atoms with E-state index in [1.807, 2.05) is 6.92 Å². The van der Waals surface area contributed by atoms with Gasteiger partial charge in [-0.2, -0.15) is 4.31 Å². The predicted octanol–water partition coefficient (Wildman–Crippen LogP) is 2.23. The zero-order valence-corrected chi connectivity index (χ0v) is 17.1. The minimum atomic E-state index is -3.77. The van der Waals surface area contributed by atoms with Crippen LogP contribution in [-0.2, 0) is 10.0 Å². The van der Waals surface area contributed by atoms with Crippen LogP contribution in [0, 0.1) is 11.7 Å². The number of amides is 1. The summed E-state index contributed by atoms with van der Waals surface area (Å²) in [5, 5.41) is 0. The number of carbonyl (C=O) groups is 1. The van der Waals surface area contributed by atoms with Gasteiger partial charge in [0.15, 0.2) is 0 Å². The zero-order valence-electron chi connectivity index (χ0n) is 15.4. The third-order valence-electron chi connectivity index (χ3n) is 5.44. The molecule has 2 fully saturated rings. The summed E-state index contributed by atoms with van der Waals surface area (Å²) in [6.07, 6.45) is 3.23. The Hall–Kier alpha value is -1.22. The molecular weight excluding hydrogens is 393 g/mol. The number of nitrogens with zero attached hydrogens (tertiary/aromatic N) is 2. The quantitative estimate of drug-likeness (QED) is 0.811. The van der Waals surface area contributed by atoms with Crippen LogP contribution in [0.3, 0.4) is 0 Å². The average Bonchev–Trinajstić information content (AvgIpc) is 3.15. The van der Waals surface area contributed by atoms with Crippen LogP contribution in [0.4, 0.5) is 4.39 Å². The number of piperidine rings is 1. The van der Waals surface area contributed by atoms with Crippen molar-refractivity contribution in [2.45, 2.75) is 43.5 Å². The molecule has 0 bridgehead atoms. The van der Waals surface area contributed by atoms with Gasteiger partial charge in [-0.3, -0.25) is 4.79 Å². The minimum absolute atomic E-state index is 0. The van der Waals surface area contributed by atoms with Crippen molar-refractivity contribution in [3.05, 3.63) is 29.6 Å². The smallest absolute Gasteiger partial charge is 0.256 e. The predicted molar refractivity (Wildman–Crippen MR) is 104 cm³/mol. The van der Waals surface area contributed by atoms with Crippen LogP contribution < -0.4 is 5.73 Å². The molecular formula is C18H27ClFN3O3S. The molecule has 1 aromatic rings. The molecule has 0 radical (unpaired) electrons.